The smallest absolute Gasteiger partial charge is 0.178 e. The molecule has 2 aromatic rings. The summed E-state index contributed by atoms with van der Waals surface area (Å²) in [5, 5.41) is 2.82. The van der Waals surface area contributed by atoms with Gasteiger partial charge in [-0.3, -0.25) is 0 Å². The molecule has 0 aliphatic carbocycles. The van der Waals surface area contributed by atoms with Crippen molar-refractivity contribution in [2.24, 2.45) is 0 Å². The van der Waals surface area contributed by atoms with Gasteiger partial charge < -0.3 is 10.5 Å². The number of thiazole rings is 1. The number of hydrogen-bond acceptors (Lipinski definition) is 4. The minimum atomic E-state index is -0.451. The SMILES string of the molecule is CC(C)(C)c1csc(COc2c(N)cccc2F)n1. The van der Waals surface area contributed by atoms with E-state index in [4.69, 9.17) is 10.5 Å². The zero-order chi connectivity index (χ0) is 14.0. The van der Waals surface area contributed by atoms with Crippen molar-refractivity contribution in [1.29, 1.82) is 0 Å². The fourth-order valence-corrected chi connectivity index (χ4v) is 2.47. The van der Waals surface area contributed by atoms with Crippen LogP contribution in [0.4, 0.5) is 10.1 Å². The van der Waals surface area contributed by atoms with E-state index in [1.54, 1.807) is 12.1 Å². The molecule has 102 valence electrons. The number of nitrogen functional groups attached to an aromatic ring is 1. The van der Waals surface area contributed by atoms with Gasteiger partial charge in [-0.2, -0.15) is 0 Å². The quantitative estimate of drug-likeness (QED) is 0.871. The molecule has 0 saturated carbocycles. The third-order valence-electron chi connectivity index (χ3n) is 2.66. The molecular formula is C14H17FN2OS. The van der Waals surface area contributed by atoms with Gasteiger partial charge in [0.2, 0.25) is 0 Å². The summed E-state index contributed by atoms with van der Waals surface area (Å²) < 4.78 is 19.0. The second kappa shape index (κ2) is 5.17. The Kier molecular flexibility index (Phi) is 3.75. The number of ether oxygens (including phenoxy) is 1. The van der Waals surface area contributed by atoms with Crippen LogP contribution in [-0.2, 0) is 12.0 Å². The molecule has 19 heavy (non-hydrogen) atoms. The number of benzene rings is 1. The van der Waals surface area contributed by atoms with Gasteiger partial charge in [-0.05, 0) is 12.1 Å². The lowest BCUT2D eigenvalue weighted by Crippen LogP contribution is -2.11. The summed E-state index contributed by atoms with van der Waals surface area (Å²) in [7, 11) is 0. The van der Waals surface area contributed by atoms with Crippen LogP contribution in [-0.4, -0.2) is 4.98 Å². The molecule has 1 heterocycles. The van der Waals surface area contributed by atoms with E-state index >= 15 is 0 Å². The van der Waals surface area contributed by atoms with Gasteiger partial charge in [0.15, 0.2) is 11.6 Å². The Morgan fingerprint density at radius 3 is 2.68 bits per heavy atom. The maximum atomic E-state index is 13.5. The highest BCUT2D eigenvalue weighted by Crippen LogP contribution is 2.27. The minimum Gasteiger partial charge on any atom is -0.481 e. The number of rotatable bonds is 3. The van der Waals surface area contributed by atoms with Crippen molar-refractivity contribution in [3.05, 3.63) is 40.1 Å². The van der Waals surface area contributed by atoms with E-state index in [0.29, 0.717) is 5.69 Å². The van der Waals surface area contributed by atoms with E-state index in [1.165, 1.54) is 17.4 Å². The molecule has 1 aromatic carbocycles. The van der Waals surface area contributed by atoms with Gasteiger partial charge in [0.25, 0.3) is 0 Å². The minimum absolute atomic E-state index is 0.00573. The molecule has 0 unspecified atom stereocenters. The zero-order valence-electron chi connectivity index (χ0n) is 11.2. The number of para-hydroxylation sites is 1. The molecule has 0 aliphatic heterocycles. The highest BCUT2D eigenvalue weighted by molar-refractivity contribution is 7.09. The van der Waals surface area contributed by atoms with E-state index in [-0.39, 0.29) is 17.8 Å². The Bertz CT molecular complexity index is 555. The first kappa shape index (κ1) is 13.8. The lowest BCUT2D eigenvalue weighted by molar-refractivity contribution is 0.291. The first-order chi connectivity index (χ1) is 8.88. The fraction of sp³-hybridized carbons (Fsp3) is 0.357. The Labute approximate surface area is 116 Å². The molecule has 0 bridgehead atoms. The molecular weight excluding hydrogens is 263 g/mol. The predicted octanol–water partition coefficient (Wildman–Crippen LogP) is 3.74. The first-order valence-corrected chi connectivity index (χ1v) is 6.87. The Morgan fingerprint density at radius 1 is 1.37 bits per heavy atom. The Morgan fingerprint density at radius 2 is 2.11 bits per heavy atom. The number of halogens is 1. The molecule has 0 amide bonds. The van der Waals surface area contributed by atoms with Crippen molar-refractivity contribution < 1.29 is 9.13 Å². The van der Waals surface area contributed by atoms with Gasteiger partial charge in [0.05, 0.1) is 11.4 Å². The number of nitrogens with two attached hydrogens (primary N) is 1. The molecule has 0 radical (unpaired) electrons. The van der Waals surface area contributed by atoms with Gasteiger partial charge >= 0.3 is 0 Å². The fourth-order valence-electron chi connectivity index (χ4n) is 1.53. The topological polar surface area (TPSA) is 48.1 Å². The van der Waals surface area contributed by atoms with E-state index in [0.717, 1.165) is 10.7 Å². The van der Waals surface area contributed by atoms with Crippen molar-refractivity contribution in [1.82, 2.24) is 4.98 Å². The van der Waals surface area contributed by atoms with Gasteiger partial charge in [-0.15, -0.1) is 11.3 Å². The third kappa shape index (κ3) is 3.23. The largest absolute Gasteiger partial charge is 0.481 e. The van der Waals surface area contributed by atoms with Crippen molar-refractivity contribution in [2.75, 3.05) is 5.73 Å². The van der Waals surface area contributed by atoms with Crippen LogP contribution >= 0.6 is 11.3 Å². The lowest BCUT2D eigenvalue weighted by Gasteiger charge is -2.14. The van der Waals surface area contributed by atoms with Gasteiger partial charge in [-0.25, -0.2) is 9.37 Å². The molecule has 0 fully saturated rings. The van der Waals surface area contributed by atoms with Crippen LogP contribution in [0.15, 0.2) is 23.6 Å². The van der Waals surface area contributed by atoms with Crippen molar-refractivity contribution in [3.8, 4) is 5.75 Å². The average Bonchev–Trinajstić information content (AvgIpc) is 2.77. The van der Waals surface area contributed by atoms with Crippen LogP contribution in [0, 0.1) is 5.82 Å². The second-order valence-corrected chi connectivity index (χ2v) is 6.27. The van der Waals surface area contributed by atoms with Crippen LogP contribution < -0.4 is 10.5 Å². The highest BCUT2D eigenvalue weighted by Gasteiger charge is 2.17. The van der Waals surface area contributed by atoms with Gasteiger partial charge in [-0.1, -0.05) is 26.8 Å². The van der Waals surface area contributed by atoms with Crippen molar-refractivity contribution in [2.45, 2.75) is 32.8 Å². The number of aromatic nitrogens is 1. The monoisotopic (exact) mass is 280 g/mol. The second-order valence-electron chi connectivity index (χ2n) is 5.32. The summed E-state index contributed by atoms with van der Waals surface area (Å²) in [6, 6.07) is 4.49. The highest BCUT2D eigenvalue weighted by atomic mass is 32.1. The van der Waals surface area contributed by atoms with E-state index in [9.17, 15) is 4.39 Å². The Balaban J connectivity index is 2.09. The average molecular weight is 280 g/mol. The van der Waals surface area contributed by atoms with Crippen molar-refractivity contribution >= 4 is 17.0 Å². The molecule has 0 aliphatic rings. The van der Waals surface area contributed by atoms with Crippen LogP contribution in [0.2, 0.25) is 0 Å². The first-order valence-electron chi connectivity index (χ1n) is 5.99. The van der Waals surface area contributed by atoms with Crippen molar-refractivity contribution in [3.63, 3.8) is 0 Å². The molecule has 3 nitrogen and oxygen atoms in total. The van der Waals surface area contributed by atoms with Gasteiger partial charge in [0, 0.05) is 10.8 Å². The summed E-state index contributed by atoms with van der Waals surface area (Å²) in [6.45, 7) is 6.52. The van der Waals surface area contributed by atoms with E-state index in [1.807, 2.05) is 5.38 Å². The molecule has 2 rings (SSSR count). The summed E-state index contributed by atoms with van der Waals surface area (Å²) >= 11 is 1.51. The van der Waals surface area contributed by atoms with Crippen LogP contribution in [0.3, 0.4) is 0 Å². The molecule has 5 heteroatoms. The lowest BCUT2D eigenvalue weighted by atomic mass is 9.93. The molecule has 0 spiro atoms. The van der Waals surface area contributed by atoms with Crippen LogP contribution in [0.5, 0.6) is 5.75 Å². The van der Waals surface area contributed by atoms with E-state index < -0.39 is 5.82 Å². The number of anilines is 1. The van der Waals surface area contributed by atoms with Gasteiger partial charge in [0.1, 0.15) is 11.6 Å². The van der Waals surface area contributed by atoms with E-state index in [2.05, 4.69) is 25.8 Å². The number of nitrogens with zero attached hydrogens (tertiary/aromatic N) is 1. The summed E-state index contributed by atoms with van der Waals surface area (Å²) in [4.78, 5) is 4.49. The standard InChI is InChI=1S/C14H17FN2OS/c1-14(2,3)11-8-19-12(17-11)7-18-13-9(15)5-4-6-10(13)16/h4-6,8H,7,16H2,1-3H3. The van der Waals surface area contributed by atoms with Crippen LogP contribution in [0.1, 0.15) is 31.5 Å². The normalized spacial score (nSPS) is 11.6. The predicted molar refractivity (Wildman–Crippen MR) is 76.0 cm³/mol. The number of hydrogen-bond donors (Lipinski definition) is 1. The molecule has 0 atom stereocenters. The third-order valence-corrected chi connectivity index (χ3v) is 3.48. The Hall–Kier alpha value is -1.62. The maximum Gasteiger partial charge on any atom is 0.178 e. The zero-order valence-corrected chi connectivity index (χ0v) is 12.1. The molecule has 2 N–H and O–H groups in total. The summed E-state index contributed by atoms with van der Waals surface area (Å²) in [5.74, 6) is -0.359. The van der Waals surface area contributed by atoms with Crippen LogP contribution in [0.25, 0.3) is 0 Å². The molecule has 0 saturated heterocycles. The molecule has 1 aromatic heterocycles. The summed E-state index contributed by atoms with van der Waals surface area (Å²) in [6.07, 6.45) is 0. The summed E-state index contributed by atoms with van der Waals surface area (Å²) in [5.41, 5.74) is 6.99. The maximum absolute atomic E-state index is 13.5.